The first kappa shape index (κ1) is 6.77. The molecular formula is C8H11P. The Morgan fingerprint density at radius 2 is 2.11 bits per heavy atom. The van der Waals surface area contributed by atoms with Crippen LogP contribution in [0.25, 0.3) is 0 Å². The van der Waals surface area contributed by atoms with Crippen LogP contribution >= 0.6 is 8.19 Å². The van der Waals surface area contributed by atoms with Crippen LogP contribution in [0.1, 0.15) is 25.1 Å². The normalized spacial score (nSPS) is 11.0. The summed E-state index contributed by atoms with van der Waals surface area (Å²) in [6, 6.07) is 6.39. The van der Waals surface area contributed by atoms with Gasteiger partial charge in [0.25, 0.3) is 0 Å². The third kappa shape index (κ3) is 1.80. The molecule has 0 nitrogen and oxygen atoms in total. The Morgan fingerprint density at radius 1 is 1.33 bits per heavy atom. The predicted molar refractivity (Wildman–Crippen MR) is 43.0 cm³/mol. The second-order valence-corrected chi connectivity index (χ2v) is 3.48. The lowest BCUT2D eigenvalue weighted by molar-refractivity contribution is 0.889. The van der Waals surface area contributed by atoms with Gasteiger partial charge in [0.2, 0.25) is 0 Å². The van der Waals surface area contributed by atoms with Gasteiger partial charge in [0.05, 0.1) is 0 Å². The average molecular weight is 138 g/mol. The fourth-order valence-electron chi connectivity index (χ4n) is 0.717. The molecule has 0 bridgehead atoms. The van der Waals surface area contributed by atoms with E-state index in [1.54, 1.807) is 0 Å². The zero-order valence-electron chi connectivity index (χ0n) is 5.83. The molecule has 0 aromatic carbocycles. The molecule has 0 fully saturated rings. The van der Waals surface area contributed by atoms with Crippen LogP contribution in [-0.2, 0) is 0 Å². The molecule has 0 spiro atoms. The Morgan fingerprint density at radius 3 is 2.44 bits per heavy atom. The van der Waals surface area contributed by atoms with Crippen molar-refractivity contribution in [2.75, 3.05) is 0 Å². The van der Waals surface area contributed by atoms with Crippen molar-refractivity contribution in [3.05, 3.63) is 29.3 Å². The number of rotatable bonds is 1. The van der Waals surface area contributed by atoms with Gasteiger partial charge in [-0.1, -0.05) is 40.2 Å². The largest absolute Gasteiger partial charge is 0.0727 e. The molecule has 0 unspecified atom stereocenters. The second kappa shape index (κ2) is 2.98. The minimum Gasteiger partial charge on any atom is -0.0727 e. The van der Waals surface area contributed by atoms with E-state index in [-0.39, 0.29) is 0 Å². The smallest absolute Gasteiger partial charge is 0.0175 e. The van der Waals surface area contributed by atoms with E-state index >= 15 is 0 Å². The van der Waals surface area contributed by atoms with Crippen LogP contribution in [0, 0.1) is 0 Å². The van der Waals surface area contributed by atoms with Crippen LogP contribution in [-0.4, -0.2) is 0 Å². The molecular weight excluding hydrogens is 127 g/mol. The van der Waals surface area contributed by atoms with Crippen LogP contribution in [0.2, 0.25) is 0 Å². The first-order valence-electron chi connectivity index (χ1n) is 3.21. The van der Waals surface area contributed by atoms with Crippen molar-refractivity contribution in [3.63, 3.8) is 0 Å². The Balaban J connectivity index is 2.85. The lowest BCUT2D eigenvalue weighted by Crippen LogP contribution is -1.79. The Kier molecular flexibility index (Phi) is 2.24. The summed E-state index contributed by atoms with van der Waals surface area (Å²) in [7, 11) is 1.37. The summed E-state index contributed by atoms with van der Waals surface area (Å²) in [4.78, 5) is 0. The van der Waals surface area contributed by atoms with E-state index in [1.165, 1.54) is 13.5 Å². The molecule has 1 aromatic heterocycles. The van der Waals surface area contributed by atoms with E-state index in [4.69, 9.17) is 0 Å². The van der Waals surface area contributed by atoms with Crippen molar-refractivity contribution in [2.24, 2.45) is 0 Å². The Hall–Kier alpha value is -0.350. The van der Waals surface area contributed by atoms with Crippen molar-refractivity contribution >= 4 is 8.19 Å². The first-order chi connectivity index (χ1) is 4.30. The topological polar surface area (TPSA) is 0 Å². The highest BCUT2D eigenvalue weighted by atomic mass is 31.0. The summed E-state index contributed by atoms with van der Waals surface area (Å²) in [5.41, 5.74) is 0. The number of hydrogen-bond acceptors (Lipinski definition) is 0. The summed E-state index contributed by atoms with van der Waals surface area (Å²) in [5.74, 6) is 2.88. The molecule has 1 rings (SSSR count). The van der Waals surface area contributed by atoms with Gasteiger partial charge in [0.1, 0.15) is 0 Å². The molecule has 0 saturated heterocycles. The van der Waals surface area contributed by atoms with Crippen molar-refractivity contribution < 1.29 is 0 Å². The Labute approximate surface area is 58.0 Å². The Bertz CT molecular complexity index is 167. The maximum Gasteiger partial charge on any atom is -0.0175 e. The van der Waals surface area contributed by atoms with E-state index in [9.17, 15) is 0 Å². The third-order valence-electron chi connectivity index (χ3n) is 1.28. The van der Waals surface area contributed by atoms with E-state index in [0.717, 1.165) is 0 Å². The predicted octanol–water partition coefficient (Wildman–Crippen LogP) is 3.39. The van der Waals surface area contributed by atoms with Gasteiger partial charge in [0, 0.05) is 0 Å². The molecule has 0 radical (unpaired) electrons. The molecule has 1 heteroatoms. The molecule has 9 heavy (non-hydrogen) atoms. The van der Waals surface area contributed by atoms with Gasteiger partial charge in [-0.3, -0.25) is 0 Å². The van der Waals surface area contributed by atoms with Crippen molar-refractivity contribution in [2.45, 2.75) is 19.8 Å². The van der Waals surface area contributed by atoms with Crippen LogP contribution in [0.5, 0.6) is 0 Å². The summed E-state index contributed by atoms with van der Waals surface area (Å²) < 4.78 is 0. The highest BCUT2D eigenvalue weighted by Gasteiger charge is 1.94. The molecule has 0 aliphatic heterocycles. The lowest BCUT2D eigenvalue weighted by Gasteiger charge is -2.00. The van der Waals surface area contributed by atoms with Crippen LogP contribution < -0.4 is 0 Å². The molecule has 0 aliphatic carbocycles. The molecule has 48 valence electrons. The van der Waals surface area contributed by atoms with Gasteiger partial charge < -0.3 is 0 Å². The van der Waals surface area contributed by atoms with Crippen LogP contribution in [0.15, 0.2) is 24.0 Å². The average Bonchev–Trinajstić information content (AvgIpc) is 1.90. The highest BCUT2D eigenvalue weighted by Crippen LogP contribution is 2.21. The van der Waals surface area contributed by atoms with Gasteiger partial charge in [0.15, 0.2) is 0 Å². The molecule has 0 aliphatic rings. The van der Waals surface area contributed by atoms with E-state index in [1.807, 2.05) is 0 Å². The van der Waals surface area contributed by atoms with Gasteiger partial charge in [-0.05, 0) is 17.0 Å². The minimum atomic E-state index is 0.702. The van der Waals surface area contributed by atoms with Crippen molar-refractivity contribution in [1.29, 1.82) is 0 Å². The summed E-state index contributed by atoms with van der Waals surface area (Å²) >= 11 is 0. The maximum absolute atomic E-state index is 2.23. The first-order valence-corrected chi connectivity index (χ1v) is 4.18. The molecule has 0 amide bonds. The van der Waals surface area contributed by atoms with Crippen LogP contribution in [0.3, 0.4) is 0 Å². The summed E-state index contributed by atoms with van der Waals surface area (Å²) in [6.07, 6.45) is 0. The fraction of sp³-hybridized carbons (Fsp3) is 0.375. The van der Waals surface area contributed by atoms with Gasteiger partial charge in [-0.2, -0.15) is 0 Å². The van der Waals surface area contributed by atoms with Crippen LogP contribution in [0.4, 0.5) is 0 Å². The summed E-state index contributed by atoms with van der Waals surface area (Å²) in [6.45, 7) is 4.46. The van der Waals surface area contributed by atoms with Gasteiger partial charge in [-0.15, -0.1) is 0 Å². The standard InChI is InChI=1S/C8H11P/c1-7(2)8-5-3-4-6-9-8/h3-7H,1-2H3. The van der Waals surface area contributed by atoms with Gasteiger partial charge >= 0.3 is 0 Å². The number of hydrogen-bond donors (Lipinski definition) is 0. The lowest BCUT2D eigenvalue weighted by atomic mass is 10.2. The highest BCUT2D eigenvalue weighted by molar-refractivity contribution is 7.30. The SMILES string of the molecule is CC(C)c1ccccp1. The zero-order chi connectivity index (χ0) is 6.69. The fourth-order valence-corrected chi connectivity index (χ4v) is 1.55. The molecule has 0 atom stereocenters. The third-order valence-corrected chi connectivity index (χ3v) is 2.56. The monoisotopic (exact) mass is 138 g/mol. The van der Waals surface area contributed by atoms with Crippen molar-refractivity contribution in [3.8, 4) is 0 Å². The molecule has 0 N–H and O–H groups in total. The van der Waals surface area contributed by atoms with E-state index in [2.05, 4.69) is 37.8 Å². The van der Waals surface area contributed by atoms with E-state index in [0.29, 0.717) is 5.92 Å². The van der Waals surface area contributed by atoms with Crippen molar-refractivity contribution in [1.82, 2.24) is 0 Å². The molecule has 0 saturated carbocycles. The second-order valence-electron chi connectivity index (χ2n) is 2.41. The quantitative estimate of drug-likeness (QED) is 0.558. The van der Waals surface area contributed by atoms with Gasteiger partial charge in [-0.25, -0.2) is 0 Å². The molecule has 1 heterocycles. The zero-order valence-corrected chi connectivity index (χ0v) is 6.73. The minimum absolute atomic E-state index is 0.702. The van der Waals surface area contributed by atoms with E-state index < -0.39 is 0 Å². The molecule has 1 aromatic rings. The summed E-state index contributed by atoms with van der Waals surface area (Å²) in [5, 5.41) is 1.51. The maximum atomic E-state index is 2.23.